The fraction of sp³-hybridized carbons (Fsp3) is 0.174. The van der Waals surface area contributed by atoms with Gasteiger partial charge < -0.3 is 5.32 Å². The van der Waals surface area contributed by atoms with E-state index in [2.05, 4.69) is 15.0 Å². The van der Waals surface area contributed by atoms with Crippen molar-refractivity contribution in [3.63, 3.8) is 0 Å². The Labute approximate surface area is 196 Å². The first kappa shape index (κ1) is 23.8. The molecule has 3 aromatic rings. The number of nitrogens with one attached hydrogen (secondary N) is 2. The predicted molar refractivity (Wildman–Crippen MR) is 125 cm³/mol. The fourth-order valence-electron chi connectivity index (χ4n) is 3.74. The van der Waals surface area contributed by atoms with E-state index in [1.807, 2.05) is 0 Å². The molecule has 0 radical (unpaired) electrons. The van der Waals surface area contributed by atoms with Crippen molar-refractivity contribution >= 4 is 31.5 Å². The standard InChI is InChI=1S/C23H21F2N3O4S2/c1-14(17-5-3-4-6-18(17)24)21-19(25)11-12-20-22(21)27-23(28-34(20,31)32)26-13-15-7-9-16(10-8-15)33(2,29)30/h3-12,14H,13H2,1-2H3,(H2,26,27,28)/t14-/m1/s1. The highest BCUT2D eigenvalue weighted by molar-refractivity contribution is 7.90. The number of aliphatic imine (C=N–C) groups is 1. The number of nitrogens with zero attached hydrogens (tertiary/aromatic N) is 1. The second-order valence-electron chi connectivity index (χ2n) is 7.89. The predicted octanol–water partition coefficient (Wildman–Crippen LogP) is 3.78. The maximum Gasteiger partial charge on any atom is 0.266 e. The van der Waals surface area contributed by atoms with Gasteiger partial charge in [-0.25, -0.2) is 35.3 Å². The molecule has 0 fully saturated rings. The summed E-state index contributed by atoms with van der Waals surface area (Å²) in [4.78, 5) is 4.20. The van der Waals surface area contributed by atoms with E-state index < -0.39 is 37.4 Å². The minimum absolute atomic E-state index is 0.00196. The second-order valence-corrected chi connectivity index (χ2v) is 11.6. The molecule has 0 spiro atoms. The molecule has 7 nitrogen and oxygen atoms in total. The maximum atomic E-state index is 14.9. The number of fused-ring (bicyclic) bond motifs is 1. The number of sulfone groups is 1. The summed E-state index contributed by atoms with van der Waals surface area (Å²) in [7, 11) is -7.42. The molecule has 0 amide bonds. The number of rotatable bonds is 5. The lowest BCUT2D eigenvalue weighted by Crippen LogP contribution is -2.41. The van der Waals surface area contributed by atoms with Crippen molar-refractivity contribution in [3.8, 4) is 0 Å². The number of halogens is 2. The Hall–Kier alpha value is -3.31. The van der Waals surface area contributed by atoms with Gasteiger partial charge in [0.25, 0.3) is 10.0 Å². The Kier molecular flexibility index (Phi) is 6.17. The lowest BCUT2D eigenvalue weighted by molar-refractivity contribution is 0.577. The molecule has 0 saturated carbocycles. The molecule has 4 rings (SSSR count). The summed E-state index contributed by atoms with van der Waals surface area (Å²) < 4.78 is 80.5. The van der Waals surface area contributed by atoms with E-state index in [4.69, 9.17) is 0 Å². The molecule has 3 aromatic carbocycles. The van der Waals surface area contributed by atoms with Crippen molar-refractivity contribution in [2.24, 2.45) is 4.99 Å². The highest BCUT2D eigenvalue weighted by atomic mass is 32.2. The maximum absolute atomic E-state index is 14.9. The normalized spacial score (nSPS) is 16.9. The van der Waals surface area contributed by atoms with Crippen molar-refractivity contribution < 1.29 is 25.6 Å². The first-order valence-electron chi connectivity index (χ1n) is 10.2. The number of sulfonamides is 1. The van der Waals surface area contributed by atoms with Crippen LogP contribution >= 0.6 is 0 Å². The highest BCUT2D eigenvalue weighted by Crippen LogP contribution is 2.38. The summed E-state index contributed by atoms with van der Waals surface area (Å²) >= 11 is 0. The molecule has 11 heteroatoms. The summed E-state index contributed by atoms with van der Waals surface area (Å²) in [6, 6.07) is 14.1. The zero-order chi connectivity index (χ0) is 24.7. The molecule has 1 aliphatic heterocycles. The van der Waals surface area contributed by atoms with Crippen LogP contribution in [0.2, 0.25) is 0 Å². The van der Waals surface area contributed by atoms with Crippen LogP contribution in [0.3, 0.4) is 0 Å². The van der Waals surface area contributed by atoms with Gasteiger partial charge in [0, 0.05) is 17.7 Å². The third-order valence-corrected chi connectivity index (χ3v) is 8.00. The molecule has 0 aliphatic carbocycles. The summed E-state index contributed by atoms with van der Waals surface area (Å²) in [6.45, 7) is 1.62. The SMILES string of the molecule is C[C@H](c1ccccc1F)c1c(F)ccc2c1NC(=NCc1ccc(S(C)(=O)=O)cc1)NS2(=O)=O. The van der Waals surface area contributed by atoms with Crippen LogP contribution in [-0.2, 0) is 26.4 Å². The Morgan fingerprint density at radius 2 is 1.65 bits per heavy atom. The van der Waals surface area contributed by atoms with E-state index in [0.29, 0.717) is 5.56 Å². The second kappa shape index (κ2) is 8.80. The molecular formula is C23H21F2N3O4S2. The van der Waals surface area contributed by atoms with Crippen molar-refractivity contribution in [1.29, 1.82) is 0 Å². The zero-order valence-corrected chi connectivity index (χ0v) is 19.8. The minimum Gasteiger partial charge on any atom is -0.324 e. The molecule has 2 N–H and O–H groups in total. The molecule has 178 valence electrons. The van der Waals surface area contributed by atoms with E-state index in [9.17, 15) is 25.6 Å². The van der Waals surface area contributed by atoms with Crippen molar-refractivity contribution in [3.05, 3.63) is 89.0 Å². The number of anilines is 1. The van der Waals surface area contributed by atoms with Gasteiger partial charge in [-0.2, -0.15) is 0 Å². The van der Waals surface area contributed by atoms with E-state index in [-0.39, 0.29) is 39.1 Å². The highest BCUT2D eigenvalue weighted by Gasteiger charge is 2.32. The summed E-state index contributed by atoms with van der Waals surface area (Å²) in [5, 5.41) is 2.84. The van der Waals surface area contributed by atoms with Crippen molar-refractivity contribution in [2.45, 2.75) is 29.2 Å². The van der Waals surface area contributed by atoms with Crippen molar-refractivity contribution in [1.82, 2.24) is 4.72 Å². The van der Waals surface area contributed by atoms with Gasteiger partial charge in [0.05, 0.1) is 17.1 Å². The molecular weight excluding hydrogens is 484 g/mol. The van der Waals surface area contributed by atoms with E-state index in [1.165, 1.54) is 30.3 Å². The summed E-state index contributed by atoms with van der Waals surface area (Å²) in [5.41, 5.74) is 0.835. The third-order valence-electron chi connectivity index (χ3n) is 5.49. The van der Waals surface area contributed by atoms with Gasteiger partial charge in [-0.3, -0.25) is 0 Å². The Bertz CT molecular complexity index is 1500. The van der Waals surface area contributed by atoms with Crippen LogP contribution in [-0.4, -0.2) is 29.1 Å². The van der Waals surface area contributed by atoms with Gasteiger partial charge in [-0.05, 0) is 41.5 Å². The van der Waals surface area contributed by atoms with Crippen molar-refractivity contribution in [2.75, 3.05) is 11.6 Å². The topological polar surface area (TPSA) is 105 Å². The molecule has 34 heavy (non-hydrogen) atoms. The van der Waals surface area contributed by atoms with Crippen LogP contribution in [0.5, 0.6) is 0 Å². The number of hydrogen-bond donors (Lipinski definition) is 2. The Morgan fingerprint density at radius 3 is 2.29 bits per heavy atom. The number of benzene rings is 3. The average Bonchev–Trinajstić information content (AvgIpc) is 2.76. The van der Waals surface area contributed by atoms with Crippen LogP contribution in [0.15, 0.2) is 75.4 Å². The molecule has 1 aliphatic rings. The van der Waals surface area contributed by atoms with E-state index >= 15 is 0 Å². The smallest absolute Gasteiger partial charge is 0.266 e. The molecule has 0 saturated heterocycles. The third kappa shape index (κ3) is 4.66. The Morgan fingerprint density at radius 1 is 0.971 bits per heavy atom. The molecule has 1 atom stereocenters. The largest absolute Gasteiger partial charge is 0.324 e. The van der Waals surface area contributed by atoms with E-state index in [1.54, 1.807) is 25.1 Å². The van der Waals surface area contributed by atoms with Crippen LogP contribution in [0.25, 0.3) is 0 Å². The van der Waals surface area contributed by atoms with E-state index in [0.717, 1.165) is 18.4 Å². The first-order chi connectivity index (χ1) is 16.0. The van der Waals surface area contributed by atoms with Crippen LogP contribution in [0.1, 0.15) is 29.5 Å². The van der Waals surface area contributed by atoms with Gasteiger partial charge >= 0.3 is 0 Å². The van der Waals surface area contributed by atoms with Gasteiger partial charge in [0.1, 0.15) is 16.5 Å². The molecule has 0 aromatic heterocycles. The number of guanidine groups is 1. The fourth-order valence-corrected chi connectivity index (χ4v) is 5.53. The van der Waals surface area contributed by atoms with Crippen LogP contribution in [0, 0.1) is 11.6 Å². The van der Waals surface area contributed by atoms with Crippen LogP contribution in [0.4, 0.5) is 14.5 Å². The first-order valence-corrected chi connectivity index (χ1v) is 13.5. The molecule has 0 unspecified atom stereocenters. The van der Waals surface area contributed by atoms with Gasteiger partial charge in [-0.15, -0.1) is 0 Å². The zero-order valence-electron chi connectivity index (χ0n) is 18.2. The minimum atomic E-state index is -4.07. The lowest BCUT2D eigenvalue weighted by Gasteiger charge is -2.26. The monoisotopic (exact) mass is 505 g/mol. The summed E-state index contributed by atoms with van der Waals surface area (Å²) in [5.74, 6) is -2.14. The Balaban J connectivity index is 1.71. The van der Waals surface area contributed by atoms with Crippen LogP contribution < -0.4 is 10.0 Å². The quantitative estimate of drug-likeness (QED) is 0.549. The van der Waals surface area contributed by atoms with Gasteiger partial charge in [0.15, 0.2) is 9.84 Å². The lowest BCUT2D eigenvalue weighted by atomic mass is 9.91. The van der Waals surface area contributed by atoms with Gasteiger partial charge in [0.2, 0.25) is 5.96 Å². The molecule has 1 heterocycles. The number of hydrogen-bond acceptors (Lipinski definition) is 5. The van der Waals surface area contributed by atoms with Gasteiger partial charge in [-0.1, -0.05) is 37.3 Å². The molecule has 0 bridgehead atoms. The average molecular weight is 506 g/mol. The summed E-state index contributed by atoms with van der Waals surface area (Å²) in [6.07, 6.45) is 1.10.